The third-order valence-corrected chi connectivity index (χ3v) is 4.69. The maximum atomic E-state index is 5.34. The van der Waals surface area contributed by atoms with Crippen molar-refractivity contribution < 1.29 is 0 Å². The van der Waals surface area contributed by atoms with Gasteiger partial charge in [-0.25, -0.2) is 0 Å². The summed E-state index contributed by atoms with van der Waals surface area (Å²) >= 11 is 7.32. The van der Waals surface area contributed by atoms with E-state index in [1.54, 1.807) is 0 Å². The van der Waals surface area contributed by atoms with Crippen LogP contribution in [0.3, 0.4) is 0 Å². The zero-order valence-corrected chi connectivity index (χ0v) is 11.7. The van der Waals surface area contributed by atoms with Gasteiger partial charge in [0.2, 0.25) is 0 Å². The van der Waals surface area contributed by atoms with Crippen LogP contribution >= 0.6 is 24.0 Å². The predicted molar refractivity (Wildman–Crippen MR) is 71.7 cm³/mol. The van der Waals surface area contributed by atoms with Crippen molar-refractivity contribution in [3.63, 3.8) is 0 Å². The van der Waals surface area contributed by atoms with Gasteiger partial charge in [0.1, 0.15) is 5.82 Å². The van der Waals surface area contributed by atoms with Gasteiger partial charge in [-0.05, 0) is 37.7 Å². The monoisotopic (exact) mass is 257 g/mol. The summed E-state index contributed by atoms with van der Waals surface area (Å²) in [6, 6.07) is 0.557. The van der Waals surface area contributed by atoms with E-state index in [0.717, 1.165) is 15.8 Å². The van der Waals surface area contributed by atoms with Gasteiger partial charge in [0.25, 0.3) is 0 Å². The van der Waals surface area contributed by atoms with Crippen LogP contribution in [0.1, 0.15) is 50.9 Å². The van der Waals surface area contributed by atoms with Gasteiger partial charge in [-0.1, -0.05) is 13.8 Å². The molecule has 3 nitrogen and oxygen atoms in total. The third kappa shape index (κ3) is 2.20. The molecule has 0 spiro atoms. The lowest BCUT2D eigenvalue weighted by molar-refractivity contribution is 0.482. The van der Waals surface area contributed by atoms with E-state index in [9.17, 15) is 0 Å². The van der Waals surface area contributed by atoms with E-state index in [2.05, 4.69) is 34.9 Å². The van der Waals surface area contributed by atoms with Gasteiger partial charge in [-0.3, -0.25) is 5.10 Å². The lowest BCUT2D eigenvalue weighted by Gasteiger charge is -2.16. The Labute approximate surface area is 106 Å². The Kier molecular flexibility index (Phi) is 3.74. The number of thioether (sulfide) groups is 1. The molecule has 16 heavy (non-hydrogen) atoms. The molecule has 1 fully saturated rings. The molecule has 1 N–H and O–H groups in total. The maximum absolute atomic E-state index is 5.34. The van der Waals surface area contributed by atoms with Gasteiger partial charge in [-0.15, -0.1) is 0 Å². The van der Waals surface area contributed by atoms with Crippen molar-refractivity contribution in [2.45, 2.75) is 50.3 Å². The maximum Gasteiger partial charge on any atom is 0.195 e. The zero-order valence-electron chi connectivity index (χ0n) is 10.1. The molecular weight excluding hydrogens is 238 g/mol. The van der Waals surface area contributed by atoms with Gasteiger partial charge in [0.05, 0.1) is 0 Å². The molecule has 0 radical (unpaired) electrons. The molecule has 0 amide bonds. The number of nitrogens with one attached hydrogen (secondary N) is 1. The number of H-pyrrole nitrogens is 1. The average molecular weight is 257 g/mol. The molecule has 0 bridgehead atoms. The molecule has 1 aliphatic carbocycles. The van der Waals surface area contributed by atoms with Crippen LogP contribution in [0.2, 0.25) is 0 Å². The minimum absolute atomic E-state index is 0.432. The number of hydrogen-bond acceptors (Lipinski definition) is 3. The second kappa shape index (κ2) is 4.92. The van der Waals surface area contributed by atoms with Crippen LogP contribution in [-0.2, 0) is 0 Å². The second-order valence-corrected chi connectivity index (χ2v) is 6.26. The van der Waals surface area contributed by atoms with E-state index in [0.29, 0.717) is 12.0 Å². The highest BCUT2D eigenvalue weighted by atomic mass is 32.2. The van der Waals surface area contributed by atoms with Crippen molar-refractivity contribution in [1.82, 2.24) is 14.8 Å². The summed E-state index contributed by atoms with van der Waals surface area (Å²) in [5.74, 6) is 1.54. The predicted octanol–water partition coefficient (Wildman–Crippen LogP) is 3.52. The minimum atomic E-state index is 0.432. The zero-order chi connectivity index (χ0) is 11.7. The highest BCUT2D eigenvalue weighted by Crippen LogP contribution is 2.37. The summed E-state index contributed by atoms with van der Waals surface area (Å²) in [6.07, 6.45) is 5.97. The number of aromatic amines is 1. The molecule has 1 aromatic heterocycles. The van der Waals surface area contributed by atoms with Gasteiger partial charge in [0.15, 0.2) is 4.77 Å². The van der Waals surface area contributed by atoms with Crippen molar-refractivity contribution in [2.75, 3.05) is 6.26 Å². The molecule has 1 saturated carbocycles. The molecule has 1 aliphatic rings. The fourth-order valence-corrected chi connectivity index (χ4v) is 3.52. The van der Waals surface area contributed by atoms with Gasteiger partial charge in [0, 0.05) is 17.2 Å². The Morgan fingerprint density at radius 2 is 2.25 bits per heavy atom. The molecule has 1 heterocycles. The Morgan fingerprint density at radius 3 is 2.81 bits per heavy atom. The fraction of sp³-hybridized carbons (Fsp3) is 0.818. The Bertz CT molecular complexity index is 408. The molecule has 2 rings (SSSR count). The second-order valence-electron chi connectivity index (χ2n) is 4.74. The summed E-state index contributed by atoms with van der Waals surface area (Å²) in [6.45, 7) is 4.34. The van der Waals surface area contributed by atoms with Crippen LogP contribution in [-0.4, -0.2) is 26.3 Å². The summed E-state index contributed by atoms with van der Waals surface area (Å²) in [5.41, 5.74) is 0. The highest BCUT2D eigenvalue weighted by molar-refractivity contribution is 7.99. The smallest absolute Gasteiger partial charge is 0.195 e. The number of rotatable bonds is 3. The van der Waals surface area contributed by atoms with Crippen LogP contribution in [0.15, 0.2) is 0 Å². The van der Waals surface area contributed by atoms with E-state index in [1.807, 2.05) is 11.8 Å². The van der Waals surface area contributed by atoms with Crippen molar-refractivity contribution in [3.8, 4) is 0 Å². The number of hydrogen-bond donors (Lipinski definition) is 1. The Morgan fingerprint density at radius 1 is 1.50 bits per heavy atom. The van der Waals surface area contributed by atoms with Gasteiger partial charge in [-0.2, -0.15) is 16.9 Å². The van der Waals surface area contributed by atoms with Crippen molar-refractivity contribution >= 4 is 24.0 Å². The average Bonchev–Trinajstić information content (AvgIpc) is 2.83. The summed E-state index contributed by atoms with van der Waals surface area (Å²) in [4.78, 5) is 0. The summed E-state index contributed by atoms with van der Waals surface area (Å²) in [7, 11) is 0. The van der Waals surface area contributed by atoms with E-state index in [-0.39, 0.29) is 0 Å². The third-order valence-electron chi connectivity index (χ3n) is 3.30. The van der Waals surface area contributed by atoms with Crippen LogP contribution in [0.5, 0.6) is 0 Å². The standard InChI is InChI=1S/C11H19N3S2/c1-7(2)10-12-13-11(15)14(10)8-4-5-9(6-8)16-3/h7-9H,4-6H2,1-3H3,(H,13,15). The van der Waals surface area contributed by atoms with Crippen molar-refractivity contribution in [3.05, 3.63) is 10.6 Å². The summed E-state index contributed by atoms with van der Waals surface area (Å²) in [5, 5.41) is 8.08. The van der Waals surface area contributed by atoms with E-state index < -0.39 is 0 Å². The van der Waals surface area contributed by atoms with Gasteiger partial charge >= 0.3 is 0 Å². The first-order valence-electron chi connectivity index (χ1n) is 5.83. The largest absolute Gasteiger partial charge is 0.301 e. The Balaban J connectivity index is 2.27. The van der Waals surface area contributed by atoms with Crippen LogP contribution in [0, 0.1) is 4.77 Å². The molecule has 5 heteroatoms. The number of aromatic nitrogens is 3. The fourth-order valence-electron chi connectivity index (χ4n) is 2.44. The topological polar surface area (TPSA) is 33.6 Å². The molecule has 0 aliphatic heterocycles. The van der Waals surface area contributed by atoms with Gasteiger partial charge < -0.3 is 4.57 Å². The van der Waals surface area contributed by atoms with E-state index in [1.165, 1.54) is 19.3 Å². The highest BCUT2D eigenvalue weighted by Gasteiger charge is 2.28. The first-order chi connectivity index (χ1) is 7.63. The molecule has 2 atom stereocenters. The molecule has 2 unspecified atom stereocenters. The molecular formula is C11H19N3S2. The molecule has 0 saturated heterocycles. The molecule has 0 aromatic carbocycles. The quantitative estimate of drug-likeness (QED) is 0.841. The molecule has 90 valence electrons. The normalized spacial score (nSPS) is 25.5. The first-order valence-corrected chi connectivity index (χ1v) is 7.52. The SMILES string of the molecule is CSC1CCC(n2c(C(C)C)n[nH]c2=S)C1. The van der Waals surface area contributed by atoms with Crippen molar-refractivity contribution in [1.29, 1.82) is 0 Å². The molecule has 1 aromatic rings. The minimum Gasteiger partial charge on any atom is -0.301 e. The van der Waals surface area contributed by atoms with Crippen LogP contribution in [0.25, 0.3) is 0 Å². The lowest BCUT2D eigenvalue weighted by atomic mass is 10.2. The van der Waals surface area contributed by atoms with E-state index in [4.69, 9.17) is 12.2 Å². The van der Waals surface area contributed by atoms with Crippen LogP contribution < -0.4 is 0 Å². The van der Waals surface area contributed by atoms with Crippen molar-refractivity contribution in [2.24, 2.45) is 0 Å². The Hall–Kier alpha value is -0.290. The lowest BCUT2D eigenvalue weighted by Crippen LogP contribution is -2.11. The van der Waals surface area contributed by atoms with E-state index >= 15 is 0 Å². The first kappa shape index (κ1) is 12.2. The van der Waals surface area contributed by atoms with Crippen LogP contribution in [0.4, 0.5) is 0 Å². The number of nitrogens with zero attached hydrogens (tertiary/aromatic N) is 2. The summed E-state index contributed by atoms with van der Waals surface area (Å²) < 4.78 is 3.03.